The Bertz CT molecular complexity index is 5260. The topological polar surface area (TPSA) is 35.9 Å². The van der Waals surface area contributed by atoms with Crippen LogP contribution in [0.25, 0.3) is 83.4 Å². The molecule has 6 heteroatoms. The molecule has 0 saturated carbocycles. The number of rotatable bonds is 8. The predicted molar refractivity (Wildman–Crippen MR) is 328 cm³/mol. The second-order valence-corrected chi connectivity index (χ2v) is 23.3. The summed E-state index contributed by atoms with van der Waals surface area (Å²) in [5, 5.41) is 1.81. The summed E-state index contributed by atoms with van der Waals surface area (Å²) >= 11 is 0. The largest absolute Gasteiger partial charge is 0.510 e. The Hall–Kier alpha value is -7.33. The average Bonchev–Trinajstić information content (AvgIpc) is 0.722. The molecule has 0 bridgehead atoms. The van der Waals surface area contributed by atoms with Crippen molar-refractivity contribution in [3.8, 4) is 62.1 Å². The van der Waals surface area contributed by atoms with Crippen LogP contribution in [0.1, 0.15) is 163 Å². The molecule has 0 atom stereocenters. The monoisotopic (exact) mass is 1250 g/mol. The number of fused-ring (bicyclic) bond motifs is 5. The van der Waals surface area contributed by atoms with Gasteiger partial charge in [-0.25, -0.2) is 4.98 Å². The summed E-state index contributed by atoms with van der Waals surface area (Å²) < 4.78 is 235. The Kier molecular flexibility index (Phi) is 8.21. The van der Waals surface area contributed by atoms with Gasteiger partial charge in [0, 0.05) is 66.2 Å². The van der Waals surface area contributed by atoms with Crippen LogP contribution < -0.4 is 9.30 Å². The smallest absolute Gasteiger partial charge is 0.268 e. The molecule has 8 aromatic carbocycles. The van der Waals surface area contributed by atoms with Crippen molar-refractivity contribution < 1.29 is 63.3 Å². The van der Waals surface area contributed by atoms with Crippen LogP contribution in [0.15, 0.2) is 176 Å². The van der Waals surface area contributed by atoms with E-state index in [2.05, 4.69) is 60.0 Å². The number of ether oxygens (including phenoxy) is 1. The van der Waals surface area contributed by atoms with Crippen LogP contribution >= 0.6 is 0 Å². The van der Waals surface area contributed by atoms with E-state index in [0.717, 1.165) is 33.0 Å². The molecule has 1 aliphatic rings. The number of imidazole rings is 1. The van der Waals surface area contributed by atoms with Crippen molar-refractivity contribution >= 4 is 32.8 Å². The molecule has 0 amide bonds. The SMILES string of the molecule is [2H]c1c([2H])c([2H])c(-c2cc(C(C)(C)C)cc(-c3c([2H])c([2H])c4c(c3[2H])C(C([2H])([2H])[2H])(C([2H])([2H])[2H])C([2H])([2H])C([2H])([2H])C4(C([2H])([2H])[2H])C([2H])([2H])[2H])c2-[n+]2[c-]n(-c3[c-]c(Oc4[c-]c5c(cc4)c4ccccc4n5-c4cc(C(C)(C)C)ccn4)ccc3)c3cc(-c4ccc(C(C)(C)C)cc4)ccc32)c([2H])c1[2H].[Pt]. The molecule has 11 aromatic rings. The van der Waals surface area contributed by atoms with E-state index < -0.39 is 133 Å². The maximum atomic E-state index is 10.5. The summed E-state index contributed by atoms with van der Waals surface area (Å²) in [6, 6.07) is 35.1. The second-order valence-electron chi connectivity index (χ2n) is 23.3. The van der Waals surface area contributed by atoms with Crippen molar-refractivity contribution in [2.24, 2.45) is 0 Å². The molecule has 12 rings (SSSR count). The van der Waals surface area contributed by atoms with Crippen molar-refractivity contribution in [1.29, 1.82) is 0 Å². The number of nitrogens with zero attached hydrogens (tertiary/aromatic N) is 4. The number of hydrogen-bond acceptors (Lipinski definition) is 2. The van der Waals surface area contributed by atoms with E-state index in [0.29, 0.717) is 22.4 Å². The molecule has 3 heterocycles. The van der Waals surface area contributed by atoms with Crippen LogP contribution in [0, 0.1) is 18.5 Å². The van der Waals surface area contributed by atoms with Gasteiger partial charge in [-0.05, 0) is 136 Å². The van der Waals surface area contributed by atoms with E-state index in [1.165, 1.54) is 16.7 Å². The van der Waals surface area contributed by atoms with Crippen LogP contribution in [0.3, 0.4) is 0 Å². The fourth-order valence-corrected chi connectivity index (χ4v) is 10.2. The second kappa shape index (κ2) is 20.0. The van der Waals surface area contributed by atoms with Crippen LogP contribution in [0.2, 0.25) is 0 Å². The third kappa shape index (κ3) is 9.95. The first-order valence-electron chi connectivity index (χ1n) is 38.0. The average molecular weight is 1250 g/mol. The van der Waals surface area contributed by atoms with E-state index >= 15 is 0 Å². The number of hydrogen-bond donors (Lipinski definition) is 0. The first kappa shape index (κ1) is 32.8. The molecule has 406 valence electrons. The van der Waals surface area contributed by atoms with Crippen LogP contribution in [-0.4, -0.2) is 14.1 Å². The van der Waals surface area contributed by atoms with Crippen molar-refractivity contribution in [2.45, 2.75) is 130 Å². The van der Waals surface area contributed by atoms with E-state index in [4.69, 9.17) is 30.3 Å². The first-order chi connectivity index (χ1) is 47.4. The Morgan fingerprint density at radius 3 is 1.98 bits per heavy atom. The third-order valence-corrected chi connectivity index (χ3v) is 14.6. The van der Waals surface area contributed by atoms with Gasteiger partial charge in [-0.15, -0.1) is 29.7 Å². The van der Waals surface area contributed by atoms with Gasteiger partial charge in [0.05, 0.1) is 27.7 Å². The fraction of sp³-hybridized carbons (Fsp3) is 0.270. The zero-order valence-corrected chi connectivity index (χ0v) is 47.9. The summed E-state index contributed by atoms with van der Waals surface area (Å²) in [7, 11) is 0. The predicted octanol–water partition coefficient (Wildman–Crippen LogP) is 18.8. The van der Waals surface area contributed by atoms with Gasteiger partial charge in [0.1, 0.15) is 5.82 Å². The molecule has 0 saturated heterocycles. The zero-order valence-electron chi connectivity index (χ0n) is 69.6. The van der Waals surface area contributed by atoms with E-state index in [-0.39, 0.29) is 71.4 Å². The summed E-state index contributed by atoms with van der Waals surface area (Å²) in [4.78, 5) is 4.82. The fourth-order valence-electron chi connectivity index (χ4n) is 10.2. The summed E-state index contributed by atoms with van der Waals surface area (Å²) in [5.41, 5.74) is -10.5. The van der Waals surface area contributed by atoms with Gasteiger partial charge in [0.2, 0.25) is 0 Å². The van der Waals surface area contributed by atoms with E-state index in [1.54, 1.807) is 74.0 Å². The summed E-state index contributed by atoms with van der Waals surface area (Å²) in [6.07, 6.45) is -4.11. The normalized spacial score (nSPS) is 20.6. The molecular weight excluding hydrogens is 1160 g/mol. The van der Waals surface area contributed by atoms with Crippen LogP contribution in [-0.2, 0) is 48.1 Å². The third-order valence-electron chi connectivity index (χ3n) is 14.6. The molecule has 80 heavy (non-hydrogen) atoms. The van der Waals surface area contributed by atoms with Crippen LogP contribution in [0.5, 0.6) is 11.5 Å². The molecule has 0 unspecified atom stereocenters. The number of benzene rings is 8. The number of aromatic nitrogens is 4. The van der Waals surface area contributed by atoms with Gasteiger partial charge in [0.25, 0.3) is 6.33 Å². The van der Waals surface area contributed by atoms with E-state index in [9.17, 15) is 12.3 Å². The quantitative estimate of drug-likeness (QED) is 0.112. The Labute approximate surface area is 522 Å². The molecular formula is C74H72N4OPt-2. The van der Waals surface area contributed by atoms with Gasteiger partial charge in [-0.3, -0.25) is 4.57 Å². The number of pyridine rings is 1. The van der Waals surface area contributed by atoms with Crippen molar-refractivity contribution in [3.05, 3.63) is 222 Å². The Morgan fingerprint density at radius 1 is 0.588 bits per heavy atom. The molecule has 0 N–H and O–H groups in total. The minimum atomic E-state index is -4.65. The minimum Gasteiger partial charge on any atom is -0.510 e. The molecule has 0 spiro atoms. The molecule has 0 aliphatic heterocycles. The maximum Gasteiger partial charge on any atom is 0.268 e. The molecule has 3 aromatic heterocycles. The van der Waals surface area contributed by atoms with Gasteiger partial charge in [-0.1, -0.05) is 210 Å². The molecule has 5 nitrogen and oxygen atoms in total. The Balaban J connectivity index is 0.0000108. The zero-order chi connectivity index (χ0) is 75.9. The van der Waals surface area contributed by atoms with E-state index in [1.807, 2.05) is 71.3 Å². The van der Waals surface area contributed by atoms with Crippen molar-refractivity contribution in [3.63, 3.8) is 0 Å². The molecule has 1 aliphatic carbocycles. The molecule has 0 radical (unpaired) electrons. The van der Waals surface area contributed by atoms with Gasteiger partial charge in [-0.2, -0.15) is 18.2 Å². The van der Waals surface area contributed by atoms with Crippen molar-refractivity contribution in [2.75, 3.05) is 0 Å². The van der Waals surface area contributed by atoms with Gasteiger partial charge in [0.15, 0.2) is 0 Å². The standard InChI is InChI=1S/C74H72N4O.Pt/c1-70(2,3)52-30-26-48(27-31-52)50-29-35-65-67(41-50)76(55-22-19-23-56(45-55)79-57-32-33-59-58-24-17-18-25-64(58)78(66(59)46-57)68-44-53(36-39-75-68)71(4,5)6)47-77(65)69-60(49-20-15-14-16-21-49)42-54(72(7,8)9)43-61(69)51-28-34-62-63(40-51)74(12,13)38-37-73(62,10)11;/h14-36,39-44H,37-38H2,1-13H3;/q-2;/i10D3,11D3,12D3,13D3,14D,15D,16D,20D,21D,28D,34D,37D2,38D2,40D;. The molecule has 0 fully saturated rings. The minimum absolute atomic E-state index is 0. The van der Waals surface area contributed by atoms with Crippen molar-refractivity contribution in [1.82, 2.24) is 14.1 Å². The first-order valence-corrected chi connectivity index (χ1v) is 26.0. The van der Waals surface area contributed by atoms with Gasteiger partial charge >= 0.3 is 0 Å². The summed E-state index contributed by atoms with van der Waals surface area (Å²) in [5.74, 6) is 1.09. The summed E-state index contributed by atoms with van der Waals surface area (Å²) in [6.45, 7) is 0.246. The Morgan fingerprint density at radius 2 is 1.26 bits per heavy atom. The maximum absolute atomic E-state index is 10.5. The van der Waals surface area contributed by atoms with Crippen LogP contribution in [0.4, 0.5) is 0 Å². The van der Waals surface area contributed by atoms with Gasteiger partial charge < -0.3 is 13.9 Å². The number of para-hydroxylation sites is 1.